The monoisotopic (exact) mass is 464 g/mol. The fraction of sp³-hybridized carbons (Fsp3) is 0.926. The summed E-state index contributed by atoms with van der Waals surface area (Å²) in [4.78, 5) is 25.6. The summed E-state index contributed by atoms with van der Waals surface area (Å²) >= 11 is 0. The lowest BCUT2D eigenvalue weighted by molar-refractivity contribution is -0.154. The lowest BCUT2D eigenvalue weighted by Gasteiger charge is -2.45. The highest BCUT2D eigenvalue weighted by atomic mass is 28.4. The Kier molecular flexibility index (Phi) is 8.68. The standard InChI is InChI=1S/C27H48O4Si/c1-6-32(7-2,8-3)31-27(17-10-9-11-18-27)19-20-30-25(29)21(4)22-14-15-23-24(28)13-12-16-26(22,23)5/h21-23H,6-20H2,1-5H3/t21?,22-,23+,26-/m1/s1. The van der Waals surface area contributed by atoms with Gasteiger partial charge in [0.25, 0.3) is 0 Å². The molecule has 4 nitrogen and oxygen atoms in total. The molecule has 0 heterocycles. The third kappa shape index (κ3) is 5.19. The van der Waals surface area contributed by atoms with Crippen LogP contribution in [-0.2, 0) is 18.8 Å². The van der Waals surface area contributed by atoms with Gasteiger partial charge in [0.15, 0.2) is 8.32 Å². The van der Waals surface area contributed by atoms with E-state index in [9.17, 15) is 9.59 Å². The van der Waals surface area contributed by atoms with Crippen LogP contribution in [0.4, 0.5) is 0 Å². The van der Waals surface area contributed by atoms with E-state index in [2.05, 4.69) is 27.7 Å². The predicted octanol–water partition coefficient (Wildman–Crippen LogP) is 7.07. The number of ether oxygens (including phenoxy) is 1. The zero-order chi connectivity index (χ0) is 23.4. The van der Waals surface area contributed by atoms with Gasteiger partial charge < -0.3 is 9.16 Å². The van der Waals surface area contributed by atoms with Crippen molar-refractivity contribution in [1.82, 2.24) is 0 Å². The van der Waals surface area contributed by atoms with Crippen molar-refractivity contribution in [3.8, 4) is 0 Å². The molecule has 0 aromatic carbocycles. The number of rotatable bonds is 10. The fourth-order valence-corrected chi connectivity index (χ4v) is 10.6. The zero-order valence-corrected chi connectivity index (χ0v) is 22.5. The Morgan fingerprint density at radius 1 is 1.03 bits per heavy atom. The normalized spacial score (nSPS) is 31.2. The minimum atomic E-state index is -1.71. The van der Waals surface area contributed by atoms with E-state index in [1.54, 1.807) is 0 Å². The first-order valence-electron chi connectivity index (χ1n) is 13.6. The second-order valence-corrected chi connectivity index (χ2v) is 16.0. The largest absolute Gasteiger partial charge is 0.465 e. The van der Waals surface area contributed by atoms with Crippen LogP contribution in [0.3, 0.4) is 0 Å². The molecule has 32 heavy (non-hydrogen) atoms. The van der Waals surface area contributed by atoms with Crippen molar-refractivity contribution in [1.29, 1.82) is 0 Å². The van der Waals surface area contributed by atoms with E-state index in [0.717, 1.165) is 51.4 Å². The van der Waals surface area contributed by atoms with Crippen molar-refractivity contribution < 1.29 is 18.8 Å². The third-order valence-corrected chi connectivity index (χ3v) is 14.6. The molecule has 3 aliphatic rings. The summed E-state index contributed by atoms with van der Waals surface area (Å²) in [7, 11) is -1.71. The highest BCUT2D eigenvalue weighted by Crippen LogP contribution is 2.56. The molecule has 0 bridgehead atoms. The predicted molar refractivity (Wildman–Crippen MR) is 132 cm³/mol. The maximum Gasteiger partial charge on any atom is 0.308 e. The van der Waals surface area contributed by atoms with Crippen LogP contribution in [0.2, 0.25) is 18.1 Å². The molecule has 3 aliphatic carbocycles. The Labute approximate surface area is 197 Å². The van der Waals surface area contributed by atoms with Crippen molar-refractivity contribution in [3.05, 3.63) is 0 Å². The first-order chi connectivity index (χ1) is 15.2. The van der Waals surface area contributed by atoms with Gasteiger partial charge in [-0.1, -0.05) is 53.9 Å². The molecule has 0 spiro atoms. The fourth-order valence-electron chi connectivity index (χ4n) is 7.45. The number of ketones is 1. The van der Waals surface area contributed by atoms with Crippen LogP contribution in [0.1, 0.15) is 105 Å². The summed E-state index contributed by atoms with van der Waals surface area (Å²) in [6.07, 6.45) is 11.5. The van der Waals surface area contributed by atoms with Gasteiger partial charge in [-0.25, -0.2) is 0 Å². The lowest BCUT2D eigenvalue weighted by Crippen LogP contribution is -2.49. The van der Waals surface area contributed by atoms with E-state index in [0.29, 0.717) is 12.4 Å². The van der Waals surface area contributed by atoms with E-state index in [1.807, 2.05) is 6.92 Å². The van der Waals surface area contributed by atoms with Crippen LogP contribution in [0.15, 0.2) is 0 Å². The molecule has 4 atom stereocenters. The average Bonchev–Trinajstić information content (AvgIpc) is 3.16. The summed E-state index contributed by atoms with van der Waals surface area (Å²) in [6.45, 7) is 11.6. The van der Waals surface area contributed by atoms with Crippen LogP contribution in [-0.4, -0.2) is 32.3 Å². The Morgan fingerprint density at radius 3 is 2.31 bits per heavy atom. The molecule has 3 fully saturated rings. The molecule has 0 saturated heterocycles. The van der Waals surface area contributed by atoms with Crippen molar-refractivity contribution in [2.45, 2.75) is 129 Å². The van der Waals surface area contributed by atoms with Crippen LogP contribution in [0, 0.1) is 23.2 Å². The van der Waals surface area contributed by atoms with Gasteiger partial charge in [0.05, 0.1) is 18.1 Å². The highest BCUT2D eigenvalue weighted by Gasteiger charge is 2.53. The number of Topliss-reactive ketones (excluding diaryl/α,β-unsaturated/α-hetero) is 1. The van der Waals surface area contributed by atoms with Gasteiger partial charge >= 0.3 is 5.97 Å². The molecule has 3 saturated carbocycles. The molecule has 5 heteroatoms. The molecule has 0 aromatic rings. The first-order valence-corrected chi connectivity index (χ1v) is 16.2. The molecule has 0 N–H and O–H groups in total. The molecular formula is C27H48O4Si. The topological polar surface area (TPSA) is 52.6 Å². The summed E-state index contributed by atoms with van der Waals surface area (Å²) in [5, 5.41) is 0. The summed E-state index contributed by atoms with van der Waals surface area (Å²) in [5.74, 6) is 0.657. The van der Waals surface area contributed by atoms with Gasteiger partial charge in [-0.3, -0.25) is 9.59 Å². The third-order valence-electron chi connectivity index (χ3n) is 9.84. The smallest absolute Gasteiger partial charge is 0.308 e. The SMILES string of the molecule is CC[Si](CC)(CC)OC1(CCOC(=O)C(C)[C@H]2CC[C@H]3C(=O)CCC[C@]23C)CCCCC1. The minimum absolute atomic E-state index is 0.0178. The number of hydrogen-bond acceptors (Lipinski definition) is 4. The Bertz CT molecular complexity index is 644. The highest BCUT2D eigenvalue weighted by molar-refractivity contribution is 6.73. The van der Waals surface area contributed by atoms with Crippen LogP contribution in [0.25, 0.3) is 0 Å². The molecular weight excluding hydrogens is 416 g/mol. The lowest BCUT2D eigenvalue weighted by atomic mass is 9.62. The summed E-state index contributed by atoms with van der Waals surface area (Å²) in [5.41, 5.74) is -0.105. The molecule has 184 valence electrons. The van der Waals surface area contributed by atoms with Gasteiger partial charge in [0, 0.05) is 18.8 Å². The van der Waals surface area contributed by atoms with E-state index < -0.39 is 8.32 Å². The van der Waals surface area contributed by atoms with Crippen LogP contribution in [0.5, 0.6) is 0 Å². The van der Waals surface area contributed by atoms with Gasteiger partial charge in [-0.05, 0) is 68.0 Å². The molecule has 0 radical (unpaired) electrons. The number of carbonyl (C=O) groups is 2. The molecule has 3 rings (SSSR count). The minimum Gasteiger partial charge on any atom is -0.465 e. The number of carbonyl (C=O) groups excluding carboxylic acids is 2. The second-order valence-electron chi connectivity index (χ2n) is 11.4. The van der Waals surface area contributed by atoms with Crippen molar-refractivity contribution in [2.24, 2.45) is 23.2 Å². The van der Waals surface area contributed by atoms with E-state index >= 15 is 0 Å². The zero-order valence-electron chi connectivity index (χ0n) is 21.5. The maximum atomic E-state index is 13.1. The van der Waals surface area contributed by atoms with E-state index in [4.69, 9.17) is 9.16 Å². The van der Waals surface area contributed by atoms with Gasteiger partial charge in [0.2, 0.25) is 0 Å². The van der Waals surface area contributed by atoms with Gasteiger partial charge in [0.1, 0.15) is 5.78 Å². The number of hydrogen-bond donors (Lipinski definition) is 0. The summed E-state index contributed by atoms with van der Waals surface area (Å²) in [6, 6.07) is 3.50. The number of fused-ring (bicyclic) bond motifs is 1. The van der Waals surface area contributed by atoms with Crippen molar-refractivity contribution in [3.63, 3.8) is 0 Å². The number of esters is 1. The summed E-state index contributed by atoms with van der Waals surface area (Å²) < 4.78 is 13.0. The Morgan fingerprint density at radius 2 is 1.69 bits per heavy atom. The molecule has 0 aliphatic heterocycles. The second kappa shape index (κ2) is 10.7. The van der Waals surface area contributed by atoms with E-state index in [1.165, 1.54) is 37.4 Å². The van der Waals surface area contributed by atoms with Gasteiger partial charge in [-0.2, -0.15) is 0 Å². The van der Waals surface area contributed by atoms with Crippen LogP contribution < -0.4 is 0 Å². The molecule has 0 aromatic heterocycles. The first kappa shape index (κ1) is 25.9. The molecule has 0 amide bonds. The maximum absolute atomic E-state index is 13.1. The van der Waals surface area contributed by atoms with Crippen molar-refractivity contribution in [2.75, 3.05) is 6.61 Å². The van der Waals surface area contributed by atoms with Crippen molar-refractivity contribution >= 4 is 20.1 Å². The van der Waals surface area contributed by atoms with Crippen LogP contribution >= 0.6 is 0 Å². The van der Waals surface area contributed by atoms with E-state index in [-0.39, 0.29) is 34.7 Å². The van der Waals surface area contributed by atoms with Gasteiger partial charge in [-0.15, -0.1) is 0 Å². The quantitative estimate of drug-likeness (QED) is 0.256. The Hall–Kier alpha value is -0.683. The molecule has 1 unspecified atom stereocenters. The average molecular weight is 465 g/mol. The Balaban J connectivity index is 1.60.